The average molecular weight is 323 g/mol. The van der Waals surface area contributed by atoms with Crippen LogP contribution in [0.4, 0.5) is 0 Å². The van der Waals surface area contributed by atoms with Crippen molar-refractivity contribution in [1.82, 2.24) is 10.2 Å². The number of likely N-dealkylation sites (tertiary alicyclic amines) is 1. The Morgan fingerprint density at radius 3 is 2.43 bits per heavy atom. The van der Waals surface area contributed by atoms with Crippen molar-refractivity contribution in [2.45, 2.75) is 58.8 Å². The number of hydrogen-bond donors (Lipinski definition) is 1. The molecule has 1 aliphatic carbocycles. The van der Waals surface area contributed by atoms with Gasteiger partial charge in [-0.25, -0.2) is 0 Å². The van der Waals surface area contributed by atoms with Gasteiger partial charge in [0, 0.05) is 26.7 Å². The fourth-order valence-corrected chi connectivity index (χ4v) is 3.97. The fraction of sp³-hybridized carbons (Fsp3) is 0.889. The van der Waals surface area contributed by atoms with Gasteiger partial charge in [0.15, 0.2) is 5.96 Å². The van der Waals surface area contributed by atoms with E-state index in [0.717, 1.165) is 38.4 Å². The second-order valence-corrected chi connectivity index (χ2v) is 6.97. The zero-order chi connectivity index (χ0) is 16.7. The molecule has 1 saturated carbocycles. The first-order valence-corrected chi connectivity index (χ1v) is 9.26. The number of esters is 1. The van der Waals surface area contributed by atoms with Crippen LogP contribution in [0.2, 0.25) is 0 Å². The van der Waals surface area contributed by atoms with E-state index in [1.807, 2.05) is 14.0 Å². The summed E-state index contributed by atoms with van der Waals surface area (Å²) in [5.74, 6) is 1.01. The Labute approximate surface area is 140 Å². The molecule has 0 atom stereocenters. The van der Waals surface area contributed by atoms with Crippen molar-refractivity contribution in [2.75, 3.05) is 33.3 Å². The van der Waals surface area contributed by atoms with E-state index in [4.69, 9.17) is 4.74 Å². The van der Waals surface area contributed by atoms with E-state index in [9.17, 15) is 4.79 Å². The summed E-state index contributed by atoms with van der Waals surface area (Å²) < 4.78 is 5.14. The first kappa shape index (κ1) is 18.1. The van der Waals surface area contributed by atoms with E-state index in [1.54, 1.807) is 0 Å². The highest BCUT2D eigenvalue weighted by molar-refractivity contribution is 5.80. The molecular weight excluding hydrogens is 290 g/mol. The zero-order valence-electron chi connectivity index (χ0n) is 15.1. The van der Waals surface area contributed by atoms with E-state index in [-0.39, 0.29) is 11.9 Å². The number of nitrogens with zero attached hydrogens (tertiary/aromatic N) is 2. The molecule has 1 aliphatic heterocycles. The molecular formula is C18H33N3O2. The Morgan fingerprint density at radius 1 is 1.26 bits per heavy atom. The molecule has 0 radical (unpaired) electrons. The molecule has 1 saturated heterocycles. The molecule has 1 N–H and O–H groups in total. The van der Waals surface area contributed by atoms with Gasteiger partial charge in [0.2, 0.25) is 0 Å². The Morgan fingerprint density at radius 2 is 1.91 bits per heavy atom. The Bertz CT molecular complexity index is 408. The first-order chi connectivity index (χ1) is 11.1. The summed E-state index contributed by atoms with van der Waals surface area (Å²) in [6.45, 7) is 7.42. The number of hydrogen-bond acceptors (Lipinski definition) is 3. The molecule has 1 heterocycles. The SMILES string of the molecule is CCOC(=O)C1CCN(C(=NC)NCC2(CC)CCCC2)CC1. The van der Waals surface area contributed by atoms with Gasteiger partial charge in [0.05, 0.1) is 12.5 Å². The molecule has 0 aromatic heterocycles. The predicted octanol–water partition coefficient (Wildman–Crippen LogP) is 2.81. The molecule has 0 unspecified atom stereocenters. The third-order valence-corrected chi connectivity index (χ3v) is 5.66. The van der Waals surface area contributed by atoms with Gasteiger partial charge in [-0.1, -0.05) is 19.8 Å². The van der Waals surface area contributed by atoms with Crippen LogP contribution < -0.4 is 5.32 Å². The van der Waals surface area contributed by atoms with Gasteiger partial charge >= 0.3 is 5.97 Å². The number of ether oxygens (including phenoxy) is 1. The lowest BCUT2D eigenvalue weighted by molar-refractivity contribution is -0.149. The molecule has 0 aromatic rings. The molecule has 0 bridgehead atoms. The summed E-state index contributed by atoms with van der Waals surface area (Å²) in [5.41, 5.74) is 0.458. The van der Waals surface area contributed by atoms with Gasteiger partial charge in [-0.2, -0.15) is 0 Å². The molecule has 0 aromatic carbocycles. The zero-order valence-corrected chi connectivity index (χ0v) is 15.1. The largest absolute Gasteiger partial charge is 0.466 e. The van der Waals surface area contributed by atoms with Crippen LogP contribution in [0.25, 0.3) is 0 Å². The van der Waals surface area contributed by atoms with E-state index in [0.29, 0.717) is 12.0 Å². The maximum Gasteiger partial charge on any atom is 0.309 e. The molecule has 23 heavy (non-hydrogen) atoms. The summed E-state index contributed by atoms with van der Waals surface area (Å²) in [5, 5.41) is 3.60. The average Bonchev–Trinajstić information content (AvgIpc) is 3.06. The van der Waals surface area contributed by atoms with Crippen LogP contribution >= 0.6 is 0 Å². The summed E-state index contributed by atoms with van der Waals surface area (Å²) in [6.07, 6.45) is 8.34. The molecule has 2 rings (SSSR count). The van der Waals surface area contributed by atoms with Crippen molar-refractivity contribution < 1.29 is 9.53 Å². The van der Waals surface area contributed by atoms with Crippen LogP contribution in [-0.4, -0.2) is 50.1 Å². The molecule has 2 fully saturated rings. The number of aliphatic imine (C=N–C) groups is 1. The normalized spacial score (nSPS) is 22.2. The van der Waals surface area contributed by atoms with Gasteiger partial charge < -0.3 is 15.0 Å². The van der Waals surface area contributed by atoms with Crippen molar-refractivity contribution >= 4 is 11.9 Å². The van der Waals surface area contributed by atoms with Crippen LogP contribution in [0.3, 0.4) is 0 Å². The second-order valence-electron chi connectivity index (χ2n) is 6.97. The van der Waals surface area contributed by atoms with E-state index < -0.39 is 0 Å². The summed E-state index contributed by atoms with van der Waals surface area (Å²) in [6, 6.07) is 0. The molecule has 5 nitrogen and oxygen atoms in total. The molecule has 132 valence electrons. The monoisotopic (exact) mass is 323 g/mol. The van der Waals surface area contributed by atoms with E-state index in [1.165, 1.54) is 32.1 Å². The first-order valence-electron chi connectivity index (χ1n) is 9.26. The molecule has 0 amide bonds. The summed E-state index contributed by atoms with van der Waals surface area (Å²) in [4.78, 5) is 18.6. The molecule has 2 aliphatic rings. The van der Waals surface area contributed by atoms with Crippen LogP contribution in [-0.2, 0) is 9.53 Å². The Hall–Kier alpha value is -1.26. The second kappa shape index (κ2) is 8.55. The van der Waals surface area contributed by atoms with Gasteiger partial charge in [-0.15, -0.1) is 0 Å². The van der Waals surface area contributed by atoms with Crippen LogP contribution in [0.1, 0.15) is 58.8 Å². The predicted molar refractivity (Wildman–Crippen MR) is 93.5 cm³/mol. The van der Waals surface area contributed by atoms with Crippen molar-refractivity contribution in [3.63, 3.8) is 0 Å². The number of guanidine groups is 1. The molecule has 5 heteroatoms. The fourth-order valence-electron chi connectivity index (χ4n) is 3.97. The molecule has 0 spiro atoms. The highest BCUT2D eigenvalue weighted by Crippen LogP contribution is 2.40. The minimum Gasteiger partial charge on any atom is -0.466 e. The highest BCUT2D eigenvalue weighted by atomic mass is 16.5. The quantitative estimate of drug-likeness (QED) is 0.480. The maximum absolute atomic E-state index is 11.8. The van der Waals surface area contributed by atoms with Gasteiger partial charge in [-0.05, 0) is 44.4 Å². The van der Waals surface area contributed by atoms with Gasteiger partial charge in [0.1, 0.15) is 0 Å². The van der Waals surface area contributed by atoms with Crippen molar-refractivity contribution in [2.24, 2.45) is 16.3 Å². The smallest absolute Gasteiger partial charge is 0.309 e. The van der Waals surface area contributed by atoms with Crippen molar-refractivity contribution in [1.29, 1.82) is 0 Å². The van der Waals surface area contributed by atoms with Crippen molar-refractivity contribution in [3.05, 3.63) is 0 Å². The summed E-state index contributed by atoms with van der Waals surface area (Å²) in [7, 11) is 1.85. The Kier molecular flexibility index (Phi) is 6.72. The number of carbonyl (C=O) groups is 1. The lowest BCUT2D eigenvalue weighted by Gasteiger charge is -2.35. The minimum absolute atomic E-state index is 0.0361. The summed E-state index contributed by atoms with van der Waals surface area (Å²) >= 11 is 0. The number of rotatable bonds is 5. The van der Waals surface area contributed by atoms with Crippen LogP contribution in [0, 0.1) is 11.3 Å². The van der Waals surface area contributed by atoms with E-state index >= 15 is 0 Å². The van der Waals surface area contributed by atoms with Gasteiger partial charge in [0.25, 0.3) is 0 Å². The highest BCUT2D eigenvalue weighted by Gasteiger charge is 2.33. The third-order valence-electron chi connectivity index (χ3n) is 5.66. The standard InChI is InChI=1S/C18H33N3O2/c1-4-18(10-6-7-11-18)14-20-17(19-3)21-12-8-15(9-13-21)16(22)23-5-2/h15H,4-14H2,1-3H3,(H,19,20). The van der Waals surface area contributed by atoms with Gasteiger partial charge in [-0.3, -0.25) is 9.79 Å². The minimum atomic E-state index is -0.0361. The Balaban J connectivity index is 1.82. The topological polar surface area (TPSA) is 53.9 Å². The van der Waals surface area contributed by atoms with Crippen molar-refractivity contribution in [3.8, 4) is 0 Å². The lowest BCUT2D eigenvalue weighted by Crippen LogP contribution is -2.49. The lowest BCUT2D eigenvalue weighted by atomic mass is 9.83. The van der Waals surface area contributed by atoms with Crippen LogP contribution in [0.15, 0.2) is 4.99 Å². The maximum atomic E-state index is 11.8. The number of carbonyl (C=O) groups excluding carboxylic acids is 1. The third kappa shape index (κ3) is 4.61. The van der Waals surface area contributed by atoms with Crippen LogP contribution in [0.5, 0.6) is 0 Å². The number of nitrogens with one attached hydrogen (secondary N) is 1. The van der Waals surface area contributed by atoms with E-state index in [2.05, 4.69) is 22.1 Å². The number of piperidine rings is 1.